The van der Waals surface area contributed by atoms with E-state index in [1.54, 1.807) is 0 Å². The van der Waals surface area contributed by atoms with Crippen molar-refractivity contribution < 1.29 is 17.5 Å². The summed E-state index contributed by atoms with van der Waals surface area (Å²) in [7, 11) is -5.56. The maximum atomic E-state index is 8.74. The summed E-state index contributed by atoms with van der Waals surface area (Å²) in [5.74, 6) is 0. The van der Waals surface area contributed by atoms with Gasteiger partial charge >= 0.3 is 10.4 Å². The third-order valence-electron chi connectivity index (χ3n) is 6.09. The molecule has 6 aromatic rings. The Kier molecular flexibility index (Phi) is 12.4. The Morgan fingerprint density at radius 3 is 0.535 bits per heavy atom. The van der Waals surface area contributed by atoms with Gasteiger partial charge < -0.3 is 0 Å². The average Bonchev–Trinajstić information content (AvgIpc) is 3.04. The molecule has 0 bridgehead atoms. The highest BCUT2D eigenvalue weighted by molar-refractivity contribution is 7.80. The number of hydrogen-bond donors (Lipinski definition) is 2. The zero-order valence-electron chi connectivity index (χ0n) is 23.3. The van der Waals surface area contributed by atoms with Crippen LogP contribution in [0.1, 0.15) is 0 Å². The van der Waals surface area contributed by atoms with Gasteiger partial charge in [-0.25, -0.2) is 0 Å². The Labute approximate surface area is 256 Å². The van der Waals surface area contributed by atoms with Crippen LogP contribution < -0.4 is 31.8 Å². The monoisotopic (exact) mass is 622 g/mol. The summed E-state index contributed by atoms with van der Waals surface area (Å²) < 4.78 is 31.6. The van der Waals surface area contributed by atoms with Gasteiger partial charge in [-0.1, -0.05) is 182 Å². The van der Waals surface area contributed by atoms with E-state index in [9.17, 15) is 0 Å². The highest BCUT2D eigenvalue weighted by atomic mass is 32.3. The van der Waals surface area contributed by atoms with Crippen LogP contribution in [0.15, 0.2) is 182 Å². The quantitative estimate of drug-likeness (QED) is 0.171. The average molecular weight is 623 g/mol. The first-order chi connectivity index (χ1) is 20.9. The predicted molar refractivity (Wildman–Crippen MR) is 184 cm³/mol. The van der Waals surface area contributed by atoms with Gasteiger partial charge in [0.25, 0.3) is 0 Å². The van der Waals surface area contributed by atoms with E-state index >= 15 is 0 Å². The second-order valence-electron chi connectivity index (χ2n) is 9.13. The summed E-state index contributed by atoms with van der Waals surface area (Å²) in [6.45, 7) is 0. The SMILES string of the molecule is O=S(=O)(O)O.c1ccc(P(c2ccccc2)c2ccccc2)cc1.c1ccc(P(c2ccccc2)c2ccccc2)cc1. The smallest absolute Gasteiger partial charge is 0.264 e. The number of hydrogen-bond acceptors (Lipinski definition) is 2. The molecule has 7 heteroatoms. The normalized spacial score (nSPS) is 10.7. The molecule has 0 aliphatic rings. The second kappa shape index (κ2) is 16.6. The fraction of sp³-hybridized carbons (Fsp3) is 0. The van der Waals surface area contributed by atoms with Crippen LogP contribution in [0.3, 0.4) is 0 Å². The highest BCUT2D eigenvalue weighted by Gasteiger charge is 2.16. The van der Waals surface area contributed by atoms with E-state index in [1.807, 2.05) is 0 Å². The Hall–Kier alpha value is -3.95. The van der Waals surface area contributed by atoms with Gasteiger partial charge in [-0.05, 0) is 47.7 Å². The molecule has 2 N–H and O–H groups in total. The van der Waals surface area contributed by atoms with Gasteiger partial charge in [-0.2, -0.15) is 8.42 Å². The van der Waals surface area contributed by atoms with Crippen molar-refractivity contribution in [3.8, 4) is 0 Å². The molecule has 0 fully saturated rings. The van der Waals surface area contributed by atoms with Gasteiger partial charge in [-0.3, -0.25) is 9.11 Å². The molecule has 4 nitrogen and oxygen atoms in total. The van der Waals surface area contributed by atoms with Gasteiger partial charge in [0.2, 0.25) is 0 Å². The van der Waals surface area contributed by atoms with Crippen molar-refractivity contribution in [2.45, 2.75) is 0 Å². The molecule has 0 saturated heterocycles. The van der Waals surface area contributed by atoms with Crippen LogP contribution in [0.2, 0.25) is 0 Å². The Balaban J connectivity index is 0.000000171. The molecular weight excluding hydrogens is 590 g/mol. The highest BCUT2D eigenvalue weighted by Crippen LogP contribution is 2.33. The summed E-state index contributed by atoms with van der Waals surface area (Å²) in [5, 5.41) is 8.39. The molecule has 0 aromatic heterocycles. The molecule has 0 saturated carbocycles. The molecule has 0 spiro atoms. The van der Waals surface area contributed by atoms with Crippen LogP contribution in [-0.2, 0) is 10.4 Å². The molecule has 0 amide bonds. The van der Waals surface area contributed by atoms with Crippen LogP contribution in [0.4, 0.5) is 0 Å². The first-order valence-electron chi connectivity index (χ1n) is 13.5. The molecule has 0 atom stereocenters. The zero-order chi connectivity index (χ0) is 30.3. The summed E-state index contributed by atoms with van der Waals surface area (Å²) in [5.41, 5.74) is 0. The third-order valence-corrected chi connectivity index (χ3v) is 11.0. The minimum absolute atomic E-state index is 0.446. The lowest BCUT2D eigenvalue weighted by molar-refractivity contribution is 0.381. The molecule has 0 radical (unpaired) electrons. The Morgan fingerprint density at radius 2 is 0.419 bits per heavy atom. The molecule has 0 unspecified atom stereocenters. The summed E-state index contributed by atoms with van der Waals surface area (Å²) >= 11 is 0. The molecule has 216 valence electrons. The maximum absolute atomic E-state index is 8.74. The van der Waals surface area contributed by atoms with E-state index in [-0.39, 0.29) is 0 Å². The lowest BCUT2D eigenvalue weighted by Gasteiger charge is -2.18. The predicted octanol–water partition coefficient (Wildman–Crippen LogP) is 6.24. The van der Waals surface area contributed by atoms with Crippen molar-refractivity contribution in [2.75, 3.05) is 0 Å². The van der Waals surface area contributed by atoms with Gasteiger partial charge in [0.05, 0.1) is 0 Å². The minimum Gasteiger partial charge on any atom is -0.264 e. The summed E-state index contributed by atoms with van der Waals surface area (Å²) in [6, 6.07) is 64.7. The first kappa shape index (κ1) is 32.0. The molecule has 0 heterocycles. The van der Waals surface area contributed by atoms with Crippen molar-refractivity contribution in [3.05, 3.63) is 182 Å². The van der Waals surface area contributed by atoms with Crippen molar-refractivity contribution in [3.63, 3.8) is 0 Å². The number of rotatable bonds is 6. The first-order valence-corrected chi connectivity index (χ1v) is 17.6. The van der Waals surface area contributed by atoms with Crippen molar-refractivity contribution in [1.29, 1.82) is 0 Å². The molecule has 0 aliphatic carbocycles. The Morgan fingerprint density at radius 1 is 0.302 bits per heavy atom. The summed E-state index contributed by atoms with van der Waals surface area (Å²) in [4.78, 5) is 0. The third kappa shape index (κ3) is 10.7. The van der Waals surface area contributed by atoms with E-state index in [4.69, 9.17) is 17.5 Å². The fourth-order valence-corrected chi connectivity index (χ4v) is 8.97. The minimum atomic E-state index is -4.67. The van der Waals surface area contributed by atoms with Crippen molar-refractivity contribution >= 4 is 58.1 Å². The molecular formula is C36H32O4P2S. The van der Waals surface area contributed by atoms with E-state index in [0.29, 0.717) is 0 Å². The topological polar surface area (TPSA) is 74.6 Å². The van der Waals surface area contributed by atoms with Crippen LogP contribution in [0.5, 0.6) is 0 Å². The van der Waals surface area contributed by atoms with E-state index in [2.05, 4.69) is 182 Å². The molecule has 6 rings (SSSR count). The maximum Gasteiger partial charge on any atom is 0.394 e. The number of benzene rings is 6. The lowest BCUT2D eigenvalue weighted by Crippen LogP contribution is -2.20. The van der Waals surface area contributed by atoms with Crippen LogP contribution in [0.25, 0.3) is 0 Å². The largest absolute Gasteiger partial charge is 0.394 e. The van der Waals surface area contributed by atoms with Gasteiger partial charge in [0.15, 0.2) is 0 Å². The van der Waals surface area contributed by atoms with E-state index < -0.39 is 26.2 Å². The molecule has 43 heavy (non-hydrogen) atoms. The molecule has 6 aromatic carbocycles. The fourth-order valence-electron chi connectivity index (χ4n) is 4.36. The second-order valence-corrected chi connectivity index (χ2v) is 14.5. The molecule has 0 aliphatic heterocycles. The zero-order valence-corrected chi connectivity index (χ0v) is 25.9. The standard InChI is InChI=1S/2C18H15P.H2O4S/c2*1-4-10-16(11-5-1)19(17-12-6-2-7-13-17)18-14-8-3-9-15-18;1-5(2,3)4/h2*1-15H;(H2,1,2,3,4). The van der Waals surface area contributed by atoms with E-state index in [1.165, 1.54) is 31.8 Å². The van der Waals surface area contributed by atoms with Crippen LogP contribution >= 0.6 is 15.8 Å². The summed E-state index contributed by atoms with van der Waals surface area (Å²) in [6.07, 6.45) is 0. The van der Waals surface area contributed by atoms with Crippen LogP contribution in [-0.4, -0.2) is 17.5 Å². The van der Waals surface area contributed by atoms with E-state index in [0.717, 1.165) is 0 Å². The van der Waals surface area contributed by atoms with Gasteiger partial charge in [0, 0.05) is 0 Å². The van der Waals surface area contributed by atoms with Gasteiger partial charge in [0.1, 0.15) is 0 Å². The van der Waals surface area contributed by atoms with Crippen LogP contribution in [0, 0.1) is 0 Å². The van der Waals surface area contributed by atoms with Crippen molar-refractivity contribution in [2.24, 2.45) is 0 Å². The van der Waals surface area contributed by atoms with Gasteiger partial charge in [-0.15, -0.1) is 0 Å². The Bertz CT molecular complexity index is 1410. The lowest BCUT2D eigenvalue weighted by atomic mass is 10.4. The van der Waals surface area contributed by atoms with Crippen molar-refractivity contribution in [1.82, 2.24) is 0 Å².